The molecular formula is C21H26N2O3. The molecule has 1 aliphatic carbocycles. The number of ether oxygens (including phenoxy) is 3. The summed E-state index contributed by atoms with van der Waals surface area (Å²) in [5, 5.41) is 3.66. The smallest absolute Gasteiger partial charge is 0.146 e. The SMILES string of the molecule is C[C@@]1(c2ccccc2)NC(COC2COCOC2)=N[C@@H]1C1C=CC=CC1. The summed E-state index contributed by atoms with van der Waals surface area (Å²) in [7, 11) is 0. The lowest BCUT2D eigenvalue weighted by molar-refractivity contribution is -0.163. The second-order valence-electron chi connectivity index (χ2n) is 7.22. The van der Waals surface area contributed by atoms with E-state index in [0.717, 1.165) is 12.3 Å². The van der Waals surface area contributed by atoms with Crippen molar-refractivity contribution >= 4 is 5.84 Å². The van der Waals surface area contributed by atoms with Gasteiger partial charge < -0.3 is 19.5 Å². The first-order valence-electron chi connectivity index (χ1n) is 9.26. The van der Waals surface area contributed by atoms with Crippen LogP contribution in [0.4, 0.5) is 0 Å². The van der Waals surface area contributed by atoms with Gasteiger partial charge in [-0.3, -0.25) is 4.99 Å². The fraction of sp³-hybridized carbons (Fsp3) is 0.476. The highest BCUT2D eigenvalue weighted by molar-refractivity contribution is 5.86. The van der Waals surface area contributed by atoms with Crippen molar-refractivity contribution in [3.63, 3.8) is 0 Å². The van der Waals surface area contributed by atoms with Gasteiger partial charge in [0.25, 0.3) is 0 Å². The molecule has 1 N–H and O–H groups in total. The van der Waals surface area contributed by atoms with Crippen LogP contribution in [-0.2, 0) is 19.7 Å². The van der Waals surface area contributed by atoms with Gasteiger partial charge in [-0.1, -0.05) is 54.6 Å². The van der Waals surface area contributed by atoms with Crippen molar-refractivity contribution in [3.05, 3.63) is 60.2 Å². The Kier molecular flexibility index (Phi) is 5.20. The molecule has 0 saturated carbocycles. The van der Waals surface area contributed by atoms with Crippen molar-refractivity contribution in [2.75, 3.05) is 26.6 Å². The normalized spacial score (nSPS) is 31.7. The Labute approximate surface area is 154 Å². The maximum Gasteiger partial charge on any atom is 0.146 e. The van der Waals surface area contributed by atoms with Crippen molar-refractivity contribution < 1.29 is 14.2 Å². The highest BCUT2D eigenvalue weighted by Crippen LogP contribution is 2.37. The minimum atomic E-state index is -0.250. The summed E-state index contributed by atoms with van der Waals surface area (Å²) >= 11 is 0. The number of benzene rings is 1. The first-order chi connectivity index (χ1) is 12.8. The van der Waals surface area contributed by atoms with Gasteiger partial charge in [0.15, 0.2) is 0 Å². The number of hydrogen-bond donors (Lipinski definition) is 1. The molecule has 1 aromatic rings. The topological polar surface area (TPSA) is 52.1 Å². The fourth-order valence-corrected chi connectivity index (χ4v) is 3.92. The number of amidine groups is 1. The van der Waals surface area contributed by atoms with E-state index in [1.807, 2.05) is 6.07 Å². The van der Waals surface area contributed by atoms with Crippen molar-refractivity contribution in [1.82, 2.24) is 5.32 Å². The first-order valence-corrected chi connectivity index (χ1v) is 9.26. The third-order valence-corrected chi connectivity index (χ3v) is 5.31. The van der Waals surface area contributed by atoms with Crippen LogP contribution >= 0.6 is 0 Å². The molecular weight excluding hydrogens is 328 g/mol. The molecule has 0 spiro atoms. The van der Waals surface area contributed by atoms with Crippen LogP contribution in [0.3, 0.4) is 0 Å². The maximum atomic E-state index is 5.96. The van der Waals surface area contributed by atoms with E-state index in [0.29, 0.717) is 32.5 Å². The van der Waals surface area contributed by atoms with Gasteiger partial charge in [-0.2, -0.15) is 0 Å². The Bertz CT molecular complexity index is 694. The van der Waals surface area contributed by atoms with E-state index in [4.69, 9.17) is 19.2 Å². The van der Waals surface area contributed by atoms with E-state index in [1.165, 1.54) is 5.56 Å². The summed E-state index contributed by atoms with van der Waals surface area (Å²) in [6.45, 7) is 4.19. The van der Waals surface area contributed by atoms with Gasteiger partial charge in [-0.25, -0.2) is 0 Å². The fourth-order valence-electron chi connectivity index (χ4n) is 3.92. The summed E-state index contributed by atoms with van der Waals surface area (Å²) in [4.78, 5) is 5.04. The van der Waals surface area contributed by atoms with Gasteiger partial charge in [0.05, 0.1) is 24.8 Å². The largest absolute Gasteiger partial charge is 0.366 e. The summed E-state index contributed by atoms with van der Waals surface area (Å²) in [5.74, 6) is 1.27. The van der Waals surface area contributed by atoms with Crippen LogP contribution < -0.4 is 5.32 Å². The highest BCUT2D eigenvalue weighted by atomic mass is 16.7. The average molecular weight is 354 g/mol. The second-order valence-corrected chi connectivity index (χ2v) is 7.22. The summed E-state index contributed by atoms with van der Waals surface area (Å²) in [5.41, 5.74) is 0.996. The maximum absolute atomic E-state index is 5.96. The van der Waals surface area contributed by atoms with Crippen LogP contribution in [0.25, 0.3) is 0 Å². The molecule has 0 radical (unpaired) electrons. The standard InChI is InChI=1S/C21H26N2O3/c1-21(17-10-6-3-7-11-17)20(16-8-4-2-5-9-16)22-19(23-21)14-26-18-12-24-15-25-13-18/h2-8,10-11,16,18,20H,9,12-15H2,1H3,(H,22,23)/t16?,20-,21+/m1/s1. The van der Waals surface area contributed by atoms with Crippen molar-refractivity contribution in [2.24, 2.45) is 10.9 Å². The van der Waals surface area contributed by atoms with Crippen LogP contribution in [-0.4, -0.2) is 44.6 Å². The molecule has 0 bridgehead atoms. The Balaban J connectivity index is 1.52. The number of hydrogen-bond acceptors (Lipinski definition) is 5. The van der Waals surface area contributed by atoms with E-state index in [1.54, 1.807) is 0 Å². The Morgan fingerprint density at radius 2 is 2.00 bits per heavy atom. The number of allylic oxidation sites excluding steroid dienone is 3. The molecule has 5 nitrogen and oxygen atoms in total. The summed E-state index contributed by atoms with van der Waals surface area (Å²) < 4.78 is 16.6. The highest BCUT2D eigenvalue weighted by Gasteiger charge is 2.44. The number of aliphatic imine (C=N–C) groups is 1. The van der Waals surface area contributed by atoms with Crippen LogP contribution in [0.5, 0.6) is 0 Å². The molecule has 4 rings (SSSR count). The zero-order valence-corrected chi connectivity index (χ0v) is 15.1. The quantitative estimate of drug-likeness (QED) is 0.883. The van der Waals surface area contributed by atoms with Gasteiger partial charge in [0.1, 0.15) is 25.3 Å². The predicted molar refractivity (Wildman–Crippen MR) is 101 cm³/mol. The van der Waals surface area contributed by atoms with Crippen LogP contribution in [0, 0.1) is 5.92 Å². The summed E-state index contributed by atoms with van der Waals surface area (Å²) in [6, 6.07) is 10.7. The molecule has 26 heavy (non-hydrogen) atoms. The lowest BCUT2D eigenvalue weighted by Gasteiger charge is -2.35. The van der Waals surface area contributed by atoms with E-state index in [-0.39, 0.29) is 17.7 Å². The molecule has 3 atom stereocenters. The minimum absolute atomic E-state index is 0.0345. The molecule has 5 heteroatoms. The molecule has 0 aromatic heterocycles. The molecule has 0 amide bonds. The molecule has 2 heterocycles. The Morgan fingerprint density at radius 3 is 2.73 bits per heavy atom. The van der Waals surface area contributed by atoms with Gasteiger partial charge in [0, 0.05) is 5.92 Å². The van der Waals surface area contributed by atoms with E-state index < -0.39 is 0 Å². The number of rotatable bonds is 5. The Hall–Kier alpha value is -1.95. The van der Waals surface area contributed by atoms with E-state index in [2.05, 4.69) is 60.8 Å². The van der Waals surface area contributed by atoms with Crippen molar-refractivity contribution in [3.8, 4) is 0 Å². The third kappa shape index (κ3) is 3.61. The molecule has 3 aliphatic rings. The van der Waals surface area contributed by atoms with Gasteiger partial charge >= 0.3 is 0 Å². The lowest BCUT2D eigenvalue weighted by atomic mass is 9.77. The van der Waals surface area contributed by atoms with Gasteiger partial charge in [0.2, 0.25) is 0 Å². The first kappa shape index (κ1) is 17.5. The van der Waals surface area contributed by atoms with Gasteiger partial charge in [-0.05, 0) is 18.9 Å². The Morgan fingerprint density at radius 1 is 1.19 bits per heavy atom. The molecule has 138 valence electrons. The molecule has 1 unspecified atom stereocenters. The summed E-state index contributed by atoms with van der Waals surface area (Å²) in [6.07, 6.45) is 9.69. The zero-order valence-electron chi connectivity index (χ0n) is 15.1. The lowest BCUT2D eigenvalue weighted by Crippen LogP contribution is -2.48. The van der Waals surface area contributed by atoms with E-state index in [9.17, 15) is 0 Å². The van der Waals surface area contributed by atoms with Crippen LogP contribution in [0.15, 0.2) is 59.6 Å². The monoisotopic (exact) mass is 354 g/mol. The second kappa shape index (κ2) is 7.74. The third-order valence-electron chi connectivity index (χ3n) is 5.31. The molecule has 1 aromatic carbocycles. The molecule has 1 fully saturated rings. The average Bonchev–Trinajstić information content (AvgIpc) is 3.06. The molecule has 2 aliphatic heterocycles. The molecule has 1 saturated heterocycles. The number of nitrogens with zero attached hydrogens (tertiary/aromatic N) is 1. The van der Waals surface area contributed by atoms with Crippen LogP contribution in [0.1, 0.15) is 18.9 Å². The number of nitrogens with one attached hydrogen (secondary N) is 1. The zero-order chi connectivity index (χ0) is 17.8. The minimum Gasteiger partial charge on any atom is -0.366 e. The van der Waals surface area contributed by atoms with Gasteiger partial charge in [-0.15, -0.1) is 0 Å². The van der Waals surface area contributed by atoms with Crippen molar-refractivity contribution in [1.29, 1.82) is 0 Å². The van der Waals surface area contributed by atoms with Crippen molar-refractivity contribution in [2.45, 2.75) is 31.0 Å². The van der Waals surface area contributed by atoms with Crippen LogP contribution in [0.2, 0.25) is 0 Å². The predicted octanol–water partition coefficient (Wildman–Crippen LogP) is 2.79. The van der Waals surface area contributed by atoms with E-state index >= 15 is 0 Å².